The van der Waals surface area contributed by atoms with Crippen molar-refractivity contribution in [2.45, 2.75) is 51.0 Å². The standard InChI is InChI=1S/C19H19N3O3/c1-11-8-15(7-6-14(11)9-20)25-19-17(12-2-3-12)21-22(10-16(23)24)18(19)13-4-5-13/h6-8,12-13H,2-5,10H2,1H3,(H,23,24). The molecule has 0 amide bonds. The Hall–Kier alpha value is -2.81. The molecule has 0 unspecified atom stereocenters. The Bertz CT molecular complexity index is 886. The van der Waals surface area contributed by atoms with E-state index in [0.29, 0.717) is 23.1 Å². The molecule has 0 radical (unpaired) electrons. The summed E-state index contributed by atoms with van der Waals surface area (Å²) in [6, 6.07) is 7.54. The van der Waals surface area contributed by atoms with Crippen molar-refractivity contribution in [2.24, 2.45) is 0 Å². The Morgan fingerprint density at radius 2 is 2.08 bits per heavy atom. The van der Waals surface area contributed by atoms with Crippen molar-refractivity contribution in [3.63, 3.8) is 0 Å². The Morgan fingerprint density at radius 3 is 2.64 bits per heavy atom. The van der Waals surface area contributed by atoms with Gasteiger partial charge in [0.1, 0.15) is 18.0 Å². The summed E-state index contributed by atoms with van der Waals surface area (Å²) in [4.78, 5) is 11.2. The molecule has 1 aromatic carbocycles. The van der Waals surface area contributed by atoms with Crippen LogP contribution in [0.25, 0.3) is 0 Å². The van der Waals surface area contributed by atoms with Crippen molar-refractivity contribution in [2.75, 3.05) is 0 Å². The van der Waals surface area contributed by atoms with Crippen molar-refractivity contribution in [3.05, 3.63) is 40.7 Å². The third-order valence-electron chi connectivity index (χ3n) is 4.72. The van der Waals surface area contributed by atoms with E-state index in [9.17, 15) is 9.90 Å². The lowest BCUT2D eigenvalue weighted by Gasteiger charge is -2.10. The molecule has 2 fully saturated rings. The first-order valence-corrected chi connectivity index (χ1v) is 8.57. The number of nitrogens with zero attached hydrogens (tertiary/aromatic N) is 3. The maximum atomic E-state index is 11.2. The monoisotopic (exact) mass is 337 g/mol. The lowest BCUT2D eigenvalue weighted by molar-refractivity contribution is -0.137. The molecule has 4 rings (SSSR count). The van der Waals surface area contributed by atoms with Gasteiger partial charge in [0, 0.05) is 11.8 Å². The molecule has 2 saturated carbocycles. The topological polar surface area (TPSA) is 88.1 Å². The van der Waals surface area contributed by atoms with Gasteiger partial charge in [-0.1, -0.05) is 0 Å². The lowest BCUT2D eigenvalue weighted by atomic mass is 10.1. The third kappa shape index (κ3) is 3.10. The maximum Gasteiger partial charge on any atom is 0.325 e. The number of carboxylic acids is 1. The second-order valence-corrected chi connectivity index (χ2v) is 6.89. The number of rotatable bonds is 6. The van der Waals surface area contributed by atoms with Crippen LogP contribution in [0.4, 0.5) is 0 Å². The summed E-state index contributed by atoms with van der Waals surface area (Å²) in [6.45, 7) is 1.74. The minimum Gasteiger partial charge on any atom is -0.480 e. The van der Waals surface area contributed by atoms with Crippen LogP contribution in [-0.2, 0) is 11.3 Å². The zero-order valence-corrected chi connectivity index (χ0v) is 14.0. The smallest absolute Gasteiger partial charge is 0.325 e. The molecule has 0 spiro atoms. The van der Waals surface area contributed by atoms with Crippen LogP contribution in [0, 0.1) is 18.3 Å². The zero-order chi connectivity index (χ0) is 17.6. The predicted molar refractivity (Wildman–Crippen MR) is 89.8 cm³/mol. The summed E-state index contributed by atoms with van der Waals surface area (Å²) >= 11 is 0. The number of carbonyl (C=O) groups is 1. The molecule has 2 aliphatic rings. The highest BCUT2D eigenvalue weighted by atomic mass is 16.5. The van der Waals surface area contributed by atoms with E-state index >= 15 is 0 Å². The molecule has 6 heteroatoms. The molecule has 2 aliphatic carbocycles. The van der Waals surface area contributed by atoms with E-state index in [-0.39, 0.29) is 6.54 Å². The number of hydrogen-bond donors (Lipinski definition) is 1. The van der Waals surface area contributed by atoms with Crippen LogP contribution in [-0.4, -0.2) is 20.9 Å². The fraction of sp³-hybridized carbons (Fsp3) is 0.421. The molecule has 128 valence electrons. The first-order chi connectivity index (χ1) is 12.1. The van der Waals surface area contributed by atoms with E-state index in [2.05, 4.69) is 11.2 Å². The minimum atomic E-state index is -0.896. The maximum absolute atomic E-state index is 11.2. The van der Waals surface area contributed by atoms with Gasteiger partial charge in [-0.2, -0.15) is 10.4 Å². The Morgan fingerprint density at radius 1 is 1.36 bits per heavy atom. The van der Waals surface area contributed by atoms with Gasteiger partial charge in [0.15, 0.2) is 5.75 Å². The van der Waals surface area contributed by atoms with Crippen molar-refractivity contribution in [3.8, 4) is 17.6 Å². The van der Waals surface area contributed by atoms with Gasteiger partial charge < -0.3 is 9.84 Å². The fourth-order valence-corrected chi connectivity index (χ4v) is 3.15. The molecule has 1 heterocycles. The summed E-state index contributed by atoms with van der Waals surface area (Å²) in [5, 5.41) is 22.9. The normalized spacial score (nSPS) is 16.5. The predicted octanol–water partition coefficient (Wildman–Crippen LogP) is 3.69. The number of nitriles is 1. The first-order valence-electron chi connectivity index (χ1n) is 8.57. The van der Waals surface area contributed by atoms with Gasteiger partial charge in [0.05, 0.1) is 17.3 Å². The van der Waals surface area contributed by atoms with Gasteiger partial charge >= 0.3 is 5.97 Å². The van der Waals surface area contributed by atoms with Gasteiger partial charge in [-0.25, -0.2) is 0 Å². The number of benzene rings is 1. The summed E-state index contributed by atoms with van der Waals surface area (Å²) in [5.41, 5.74) is 3.27. The van der Waals surface area contributed by atoms with Gasteiger partial charge in [-0.15, -0.1) is 0 Å². The van der Waals surface area contributed by atoms with Gasteiger partial charge in [-0.3, -0.25) is 9.48 Å². The number of carboxylic acid groups (broad SMARTS) is 1. The first kappa shape index (κ1) is 15.7. The number of aromatic nitrogens is 2. The van der Waals surface area contributed by atoms with Crippen LogP contribution in [0.2, 0.25) is 0 Å². The number of ether oxygens (including phenoxy) is 1. The largest absolute Gasteiger partial charge is 0.480 e. The number of aryl methyl sites for hydroxylation is 1. The van der Waals surface area contributed by atoms with Gasteiger partial charge in [0.2, 0.25) is 0 Å². The van der Waals surface area contributed by atoms with Crippen molar-refractivity contribution >= 4 is 5.97 Å². The number of hydrogen-bond acceptors (Lipinski definition) is 4. The second-order valence-electron chi connectivity index (χ2n) is 6.89. The molecule has 1 aromatic heterocycles. The van der Waals surface area contributed by atoms with Crippen LogP contribution in [0.1, 0.15) is 60.0 Å². The highest BCUT2D eigenvalue weighted by Crippen LogP contribution is 2.52. The molecular formula is C19H19N3O3. The van der Waals surface area contributed by atoms with E-state index in [4.69, 9.17) is 10.00 Å². The molecule has 6 nitrogen and oxygen atoms in total. The minimum absolute atomic E-state index is 0.138. The Kier molecular flexibility index (Phi) is 3.72. The van der Waals surface area contributed by atoms with E-state index in [1.807, 2.05) is 13.0 Å². The summed E-state index contributed by atoms with van der Waals surface area (Å²) in [6.07, 6.45) is 4.21. The van der Waals surface area contributed by atoms with Crippen LogP contribution in [0.15, 0.2) is 18.2 Å². The molecule has 25 heavy (non-hydrogen) atoms. The van der Waals surface area contributed by atoms with Crippen molar-refractivity contribution in [1.82, 2.24) is 9.78 Å². The van der Waals surface area contributed by atoms with Crippen LogP contribution < -0.4 is 4.74 Å². The lowest BCUT2D eigenvalue weighted by Crippen LogP contribution is -2.13. The summed E-state index contributed by atoms with van der Waals surface area (Å²) < 4.78 is 7.81. The number of aliphatic carboxylic acids is 1. The summed E-state index contributed by atoms with van der Waals surface area (Å²) in [5.74, 6) is 1.19. The average Bonchev–Trinajstić information content (AvgIpc) is 3.47. The Balaban J connectivity index is 1.74. The molecule has 0 aliphatic heterocycles. The van der Waals surface area contributed by atoms with Crippen molar-refractivity contribution < 1.29 is 14.6 Å². The van der Waals surface area contributed by atoms with E-state index in [1.165, 1.54) is 0 Å². The zero-order valence-electron chi connectivity index (χ0n) is 14.0. The molecule has 0 bridgehead atoms. The average molecular weight is 337 g/mol. The Labute approximate surface area is 145 Å². The molecular weight excluding hydrogens is 318 g/mol. The SMILES string of the molecule is Cc1cc(Oc2c(C3CC3)nn(CC(=O)O)c2C2CC2)ccc1C#N. The quantitative estimate of drug-likeness (QED) is 0.868. The van der Waals surface area contributed by atoms with Crippen LogP contribution in [0.3, 0.4) is 0 Å². The molecule has 0 atom stereocenters. The van der Waals surface area contributed by atoms with Gasteiger partial charge in [0.25, 0.3) is 0 Å². The molecule has 2 aromatic rings. The highest BCUT2D eigenvalue weighted by molar-refractivity contribution is 5.67. The highest BCUT2D eigenvalue weighted by Gasteiger charge is 2.39. The molecule has 0 saturated heterocycles. The van der Waals surface area contributed by atoms with E-state index in [1.54, 1.807) is 16.8 Å². The van der Waals surface area contributed by atoms with Crippen LogP contribution >= 0.6 is 0 Å². The van der Waals surface area contributed by atoms with E-state index < -0.39 is 5.97 Å². The third-order valence-corrected chi connectivity index (χ3v) is 4.72. The fourth-order valence-electron chi connectivity index (χ4n) is 3.15. The van der Waals surface area contributed by atoms with E-state index in [0.717, 1.165) is 48.4 Å². The van der Waals surface area contributed by atoms with Crippen molar-refractivity contribution in [1.29, 1.82) is 5.26 Å². The second kappa shape index (κ2) is 5.92. The van der Waals surface area contributed by atoms with Gasteiger partial charge in [-0.05, 0) is 56.4 Å². The summed E-state index contributed by atoms with van der Waals surface area (Å²) in [7, 11) is 0. The molecule has 1 N–H and O–H groups in total. The van der Waals surface area contributed by atoms with Crippen LogP contribution in [0.5, 0.6) is 11.5 Å².